The van der Waals surface area contributed by atoms with Gasteiger partial charge in [-0.15, -0.1) is 0 Å². The molecule has 26 heavy (non-hydrogen) atoms. The van der Waals surface area contributed by atoms with E-state index in [9.17, 15) is 0 Å². The van der Waals surface area contributed by atoms with Crippen molar-refractivity contribution in [2.75, 3.05) is 0 Å². The Morgan fingerprint density at radius 2 is 0.769 bits per heavy atom. The molecule has 0 aliphatic carbocycles. The van der Waals surface area contributed by atoms with Crippen LogP contribution < -0.4 is 0 Å². The molecule has 4 aromatic rings. The van der Waals surface area contributed by atoms with Crippen LogP contribution >= 0.6 is 0 Å². The van der Waals surface area contributed by atoms with Gasteiger partial charge in [-0.05, 0) is 33.0 Å². The largest absolute Gasteiger partial charge is 0.0622 e. The Morgan fingerprint density at radius 3 is 1.19 bits per heavy atom. The minimum absolute atomic E-state index is 1.21. The van der Waals surface area contributed by atoms with Crippen molar-refractivity contribution in [2.24, 2.45) is 0 Å². The van der Waals surface area contributed by atoms with Gasteiger partial charge in [0.05, 0.1) is 0 Å². The highest BCUT2D eigenvalue weighted by molar-refractivity contribution is 5.98. The molecule has 0 fully saturated rings. The van der Waals surface area contributed by atoms with Crippen LogP contribution in [0.4, 0.5) is 0 Å². The summed E-state index contributed by atoms with van der Waals surface area (Å²) in [6, 6.07) is 33.8. The van der Waals surface area contributed by atoms with E-state index in [-0.39, 0.29) is 0 Å². The Morgan fingerprint density at radius 1 is 0.346 bits per heavy atom. The van der Waals surface area contributed by atoms with Crippen LogP contribution in [0, 0.1) is 0 Å². The maximum Gasteiger partial charge on any atom is -0.0105 e. The van der Waals surface area contributed by atoms with Gasteiger partial charge in [0.1, 0.15) is 0 Å². The van der Waals surface area contributed by atoms with E-state index in [4.69, 9.17) is 0 Å². The minimum atomic E-state index is 1.21. The first kappa shape index (κ1) is 16.1. The normalized spacial score (nSPS) is 11.5. The van der Waals surface area contributed by atoms with Gasteiger partial charge in [0, 0.05) is 0 Å². The topological polar surface area (TPSA) is 0 Å². The molecule has 0 heteroatoms. The number of fused-ring (bicyclic) bond motifs is 1. The van der Waals surface area contributed by atoms with Crippen LogP contribution in [0.3, 0.4) is 0 Å². The monoisotopic (exact) mass is 332 g/mol. The summed E-state index contributed by atoms with van der Waals surface area (Å²) < 4.78 is 0. The van der Waals surface area contributed by atoms with Crippen molar-refractivity contribution < 1.29 is 0 Å². The fourth-order valence-corrected chi connectivity index (χ4v) is 3.15. The smallest absolute Gasteiger partial charge is 0.0105 e. The molecule has 0 nitrogen and oxygen atoms in total. The van der Waals surface area contributed by atoms with Crippen molar-refractivity contribution in [1.29, 1.82) is 0 Å². The molecular formula is C26H20. The SMILES string of the molecule is C(=Cc1cccc2c(C=Cc3ccccc3)cccc12)c1ccccc1. The summed E-state index contributed by atoms with van der Waals surface area (Å²) in [6.45, 7) is 0. The van der Waals surface area contributed by atoms with Crippen LogP contribution in [0.25, 0.3) is 35.1 Å². The van der Waals surface area contributed by atoms with E-state index >= 15 is 0 Å². The molecule has 0 heterocycles. The second-order valence-corrected chi connectivity index (χ2v) is 6.28. The number of hydrogen-bond donors (Lipinski definition) is 0. The van der Waals surface area contributed by atoms with Crippen molar-refractivity contribution in [3.05, 3.63) is 119 Å². The van der Waals surface area contributed by atoms with E-state index < -0.39 is 0 Å². The molecular weight excluding hydrogens is 312 g/mol. The minimum Gasteiger partial charge on any atom is -0.0622 e. The molecule has 0 radical (unpaired) electrons. The molecule has 0 saturated carbocycles. The van der Waals surface area contributed by atoms with Crippen LogP contribution in [0.5, 0.6) is 0 Å². The van der Waals surface area contributed by atoms with Gasteiger partial charge in [-0.2, -0.15) is 0 Å². The van der Waals surface area contributed by atoms with Gasteiger partial charge >= 0.3 is 0 Å². The molecule has 0 amide bonds. The first-order valence-corrected chi connectivity index (χ1v) is 8.88. The predicted octanol–water partition coefficient (Wildman–Crippen LogP) is 7.18. The van der Waals surface area contributed by atoms with E-state index in [0.29, 0.717) is 0 Å². The molecule has 0 N–H and O–H groups in total. The van der Waals surface area contributed by atoms with E-state index in [2.05, 4.69) is 109 Å². The Labute approximate surface area is 154 Å². The second kappa shape index (κ2) is 7.67. The van der Waals surface area contributed by atoms with Crippen LogP contribution in [-0.2, 0) is 0 Å². The highest BCUT2D eigenvalue weighted by atomic mass is 14.1. The molecule has 0 unspecified atom stereocenters. The average molecular weight is 332 g/mol. The van der Waals surface area contributed by atoms with E-state index in [1.165, 1.54) is 33.0 Å². The van der Waals surface area contributed by atoms with E-state index in [1.807, 2.05) is 12.1 Å². The number of hydrogen-bond acceptors (Lipinski definition) is 0. The summed E-state index contributed by atoms with van der Waals surface area (Å²) in [6.07, 6.45) is 8.73. The van der Waals surface area contributed by atoms with Crippen molar-refractivity contribution in [3.8, 4) is 0 Å². The highest BCUT2D eigenvalue weighted by Gasteiger charge is 2.01. The van der Waals surface area contributed by atoms with Crippen molar-refractivity contribution in [3.63, 3.8) is 0 Å². The summed E-state index contributed by atoms with van der Waals surface area (Å²) in [5, 5.41) is 2.55. The molecule has 0 bridgehead atoms. The third kappa shape index (κ3) is 3.65. The summed E-state index contributed by atoms with van der Waals surface area (Å²) >= 11 is 0. The molecule has 0 aliphatic heterocycles. The van der Waals surface area contributed by atoms with Gasteiger partial charge in [0.15, 0.2) is 0 Å². The first-order valence-electron chi connectivity index (χ1n) is 8.88. The summed E-state index contributed by atoms with van der Waals surface area (Å²) in [5.41, 5.74) is 4.90. The van der Waals surface area contributed by atoms with Crippen molar-refractivity contribution in [2.45, 2.75) is 0 Å². The summed E-state index contributed by atoms with van der Waals surface area (Å²) in [7, 11) is 0. The van der Waals surface area contributed by atoms with Crippen LogP contribution in [-0.4, -0.2) is 0 Å². The average Bonchev–Trinajstić information content (AvgIpc) is 2.72. The molecule has 0 atom stereocenters. The van der Waals surface area contributed by atoms with Gasteiger partial charge in [0.25, 0.3) is 0 Å². The lowest BCUT2D eigenvalue weighted by Gasteiger charge is -2.06. The van der Waals surface area contributed by atoms with E-state index in [0.717, 1.165) is 0 Å². The molecule has 0 aromatic heterocycles. The Hall–Kier alpha value is -3.38. The fraction of sp³-hybridized carbons (Fsp3) is 0. The zero-order chi connectivity index (χ0) is 17.6. The Kier molecular flexibility index (Phi) is 4.75. The second-order valence-electron chi connectivity index (χ2n) is 6.28. The van der Waals surface area contributed by atoms with Gasteiger partial charge in [-0.25, -0.2) is 0 Å². The molecule has 4 aromatic carbocycles. The number of benzene rings is 4. The third-order valence-corrected chi connectivity index (χ3v) is 4.50. The maximum atomic E-state index is 2.20. The molecule has 0 spiro atoms. The molecule has 0 saturated heterocycles. The van der Waals surface area contributed by atoms with Crippen LogP contribution in [0.15, 0.2) is 97.1 Å². The fourth-order valence-electron chi connectivity index (χ4n) is 3.15. The Bertz CT molecular complexity index is 966. The lowest BCUT2D eigenvalue weighted by molar-refractivity contribution is 1.65. The Balaban J connectivity index is 1.71. The zero-order valence-corrected chi connectivity index (χ0v) is 14.5. The first-order chi connectivity index (χ1) is 12.9. The van der Waals surface area contributed by atoms with Gasteiger partial charge in [0.2, 0.25) is 0 Å². The highest BCUT2D eigenvalue weighted by Crippen LogP contribution is 2.25. The maximum absolute atomic E-state index is 2.20. The van der Waals surface area contributed by atoms with Gasteiger partial charge < -0.3 is 0 Å². The van der Waals surface area contributed by atoms with E-state index in [1.54, 1.807) is 0 Å². The van der Waals surface area contributed by atoms with Crippen molar-refractivity contribution in [1.82, 2.24) is 0 Å². The lowest BCUT2D eigenvalue weighted by Crippen LogP contribution is -1.82. The quantitative estimate of drug-likeness (QED) is 0.347. The molecule has 4 rings (SSSR count). The van der Waals surface area contributed by atoms with Crippen LogP contribution in [0.2, 0.25) is 0 Å². The van der Waals surface area contributed by atoms with Gasteiger partial charge in [-0.1, -0.05) is 121 Å². The third-order valence-electron chi connectivity index (χ3n) is 4.50. The molecule has 124 valence electrons. The summed E-state index contributed by atoms with van der Waals surface area (Å²) in [5.74, 6) is 0. The zero-order valence-electron chi connectivity index (χ0n) is 14.5. The molecule has 0 aliphatic rings. The number of rotatable bonds is 4. The van der Waals surface area contributed by atoms with Crippen molar-refractivity contribution >= 4 is 35.1 Å². The summed E-state index contributed by atoms with van der Waals surface area (Å²) in [4.78, 5) is 0. The predicted molar refractivity (Wildman–Crippen MR) is 115 cm³/mol. The lowest BCUT2D eigenvalue weighted by atomic mass is 9.98. The van der Waals surface area contributed by atoms with Crippen LogP contribution in [0.1, 0.15) is 22.3 Å². The van der Waals surface area contributed by atoms with Gasteiger partial charge in [-0.3, -0.25) is 0 Å². The standard InChI is InChI=1S/C26H20/c1-3-9-21(10-4-1)17-19-23-13-7-16-26-24(14-8-15-25(23)26)20-18-22-11-5-2-6-12-22/h1-20H.